The van der Waals surface area contributed by atoms with E-state index in [2.05, 4.69) is 20.9 Å². The fraction of sp³-hybridized carbons (Fsp3) is 0.214. The summed E-state index contributed by atoms with van der Waals surface area (Å²) in [6.45, 7) is 0.240. The standard InChI is InChI=1S/C14H13BrF3N3/c1-21(8-9-4-2-3-5-12(9)19)13-11(14(16,17)18)6-10(15)7-20-13/h2-7H,8,19H2,1H3. The van der Waals surface area contributed by atoms with E-state index in [1.165, 1.54) is 11.1 Å². The van der Waals surface area contributed by atoms with Crippen molar-refractivity contribution in [2.45, 2.75) is 12.7 Å². The van der Waals surface area contributed by atoms with Crippen LogP contribution < -0.4 is 10.6 Å². The minimum Gasteiger partial charge on any atom is -0.398 e. The first-order valence-electron chi connectivity index (χ1n) is 6.06. The summed E-state index contributed by atoms with van der Waals surface area (Å²) < 4.78 is 39.6. The zero-order chi connectivity index (χ0) is 15.6. The van der Waals surface area contributed by atoms with Crippen LogP contribution in [0.5, 0.6) is 0 Å². The van der Waals surface area contributed by atoms with Gasteiger partial charge < -0.3 is 10.6 Å². The van der Waals surface area contributed by atoms with Crippen molar-refractivity contribution in [3.05, 3.63) is 52.1 Å². The summed E-state index contributed by atoms with van der Waals surface area (Å²) in [4.78, 5) is 5.32. The number of benzene rings is 1. The lowest BCUT2D eigenvalue weighted by molar-refractivity contribution is -0.137. The molecule has 112 valence electrons. The zero-order valence-corrected chi connectivity index (χ0v) is 12.7. The number of hydrogen-bond acceptors (Lipinski definition) is 3. The molecular weight excluding hydrogens is 347 g/mol. The number of hydrogen-bond donors (Lipinski definition) is 1. The summed E-state index contributed by atoms with van der Waals surface area (Å²) in [7, 11) is 1.55. The topological polar surface area (TPSA) is 42.1 Å². The number of nitrogen functional groups attached to an aromatic ring is 1. The van der Waals surface area contributed by atoms with Crippen molar-refractivity contribution in [2.24, 2.45) is 0 Å². The monoisotopic (exact) mass is 359 g/mol. The van der Waals surface area contributed by atoms with Crippen LogP contribution in [0, 0.1) is 0 Å². The molecule has 0 unspecified atom stereocenters. The summed E-state index contributed by atoms with van der Waals surface area (Å²) in [5.74, 6) is -0.131. The Kier molecular flexibility index (Phi) is 4.41. The number of pyridine rings is 1. The van der Waals surface area contributed by atoms with E-state index in [1.54, 1.807) is 31.3 Å². The maximum Gasteiger partial charge on any atom is 0.419 e. The summed E-state index contributed by atoms with van der Waals surface area (Å²) >= 11 is 3.02. The van der Waals surface area contributed by atoms with Gasteiger partial charge in [0.15, 0.2) is 0 Å². The Morgan fingerprint density at radius 2 is 1.95 bits per heavy atom. The number of halogens is 4. The molecule has 2 rings (SSSR count). The van der Waals surface area contributed by atoms with Crippen molar-refractivity contribution in [3.8, 4) is 0 Å². The molecule has 0 spiro atoms. The van der Waals surface area contributed by atoms with Crippen molar-refractivity contribution in [1.29, 1.82) is 0 Å². The quantitative estimate of drug-likeness (QED) is 0.839. The molecule has 2 aromatic rings. The highest BCUT2D eigenvalue weighted by Gasteiger charge is 2.35. The molecule has 3 nitrogen and oxygen atoms in total. The van der Waals surface area contributed by atoms with Crippen molar-refractivity contribution < 1.29 is 13.2 Å². The third-order valence-corrected chi connectivity index (χ3v) is 3.40. The predicted molar refractivity (Wildman–Crippen MR) is 79.9 cm³/mol. The Morgan fingerprint density at radius 1 is 1.29 bits per heavy atom. The Hall–Kier alpha value is -1.76. The largest absolute Gasteiger partial charge is 0.419 e. The van der Waals surface area contributed by atoms with Gasteiger partial charge in [-0.25, -0.2) is 4.98 Å². The van der Waals surface area contributed by atoms with E-state index >= 15 is 0 Å². The summed E-state index contributed by atoms with van der Waals surface area (Å²) in [6, 6.07) is 8.07. The molecule has 2 N–H and O–H groups in total. The molecule has 0 radical (unpaired) electrons. The molecule has 0 amide bonds. The van der Waals surface area contributed by atoms with Gasteiger partial charge in [-0.2, -0.15) is 13.2 Å². The van der Waals surface area contributed by atoms with Gasteiger partial charge in [-0.3, -0.25) is 0 Å². The summed E-state index contributed by atoms with van der Waals surface area (Å²) in [6.07, 6.45) is -3.13. The van der Waals surface area contributed by atoms with Gasteiger partial charge in [-0.15, -0.1) is 0 Å². The lowest BCUT2D eigenvalue weighted by atomic mass is 10.1. The van der Waals surface area contributed by atoms with Crippen molar-refractivity contribution in [2.75, 3.05) is 17.7 Å². The molecule has 1 aromatic carbocycles. The van der Waals surface area contributed by atoms with Gasteiger partial charge in [0.2, 0.25) is 0 Å². The van der Waals surface area contributed by atoms with Gasteiger partial charge in [0.05, 0.1) is 5.56 Å². The van der Waals surface area contributed by atoms with Crippen LogP contribution in [0.1, 0.15) is 11.1 Å². The smallest absolute Gasteiger partial charge is 0.398 e. The van der Waals surface area contributed by atoms with Crippen LogP contribution >= 0.6 is 15.9 Å². The zero-order valence-electron chi connectivity index (χ0n) is 11.2. The third-order valence-electron chi connectivity index (χ3n) is 2.96. The van der Waals surface area contributed by atoms with Crippen LogP contribution in [0.15, 0.2) is 41.0 Å². The maximum absolute atomic E-state index is 13.1. The highest BCUT2D eigenvalue weighted by molar-refractivity contribution is 9.10. The molecule has 21 heavy (non-hydrogen) atoms. The highest BCUT2D eigenvalue weighted by atomic mass is 79.9. The normalized spacial score (nSPS) is 11.5. The number of para-hydroxylation sites is 1. The van der Waals surface area contributed by atoms with Crippen molar-refractivity contribution >= 4 is 27.4 Å². The van der Waals surface area contributed by atoms with Crippen LogP contribution in [0.4, 0.5) is 24.7 Å². The maximum atomic E-state index is 13.1. The van der Waals surface area contributed by atoms with Gasteiger partial charge in [0, 0.05) is 29.9 Å². The molecule has 0 atom stereocenters. The van der Waals surface area contributed by atoms with Gasteiger partial charge in [0.25, 0.3) is 0 Å². The van der Waals surface area contributed by atoms with E-state index in [1.807, 2.05) is 0 Å². The van der Waals surface area contributed by atoms with Crippen LogP contribution in [0.2, 0.25) is 0 Å². The first-order valence-corrected chi connectivity index (χ1v) is 6.85. The Balaban J connectivity index is 2.36. The second-order valence-electron chi connectivity index (χ2n) is 4.58. The van der Waals surface area contributed by atoms with E-state index in [0.29, 0.717) is 5.69 Å². The third kappa shape index (κ3) is 3.66. The average molecular weight is 360 g/mol. The molecular formula is C14H13BrF3N3. The molecule has 0 aliphatic rings. The number of nitrogens with zero attached hydrogens (tertiary/aromatic N) is 2. The molecule has 0 fully saturated rings. The lowest BCUT2D eigenvalue weighted by Crippen LogP contribution is -2.22. The summed E-state index contributed by atoms with van der Waals surface area (Å²) in [5, 5.41) is 0. The fourth-order valence-corrected chi connectivity index (χ4v) is 2.28. The van der Waals surface area contributed by atoms with Gasteiger partial charge in [0.1, 0.15) is 5.82 Å². The Bertz CT molecular complexity index is 644. The number of nitrogens with two attached hydrogens (primary N) is 1. The first kappa shape index (κ1) is 15.6. The Morgan fingerprint density at radius 3 is 2.57 bits per heavy atom. The van der Waals surface area contributed by atoms with Gasteiger partial charge >= 0.3 is 6.18 Å². The first-order chi connectivity index (χ1) is 9.79. The van der Waals surface area contributed by atoms with Crippen LogP contribution in [-0.4, -0.2) is 12.0 Å². The van der Waals surface area contributed by atoms with Gasteiger partial charge in [-0.05, 0) is 33.6 Å². The van der Waals surface area contributed by atoms with E-state index in [-0.39, 0.29) is 16.8 Å². The second kappa shape index (κ2) is 5.93. The van der Waals surface area contributed by atoms with Crippen LogP contribution in [0.25, 0.3) is 0 Å². The van der Waals surface area contributed by atoms with Gasteiger partial charge in [-0.1, -0.05) is 18.2 Å². The molecule has 0 aliphatic heterocycles. The number of alkyl halides is 3. The molecule has 0 bridgehead atoms. The highest BCUT2D eigenvalue weighted by Crippen LogP contribution is 2.37. The number of anilines is 2. The second-order valence-corrected chi connectivity index (χ2v) is 5.49. The fourth-order valence-electron chi connectivity index (χ4n) is 1.95. The van der Waals surface area contributed by atoms with E-state index in [4.69, 9.17) is 5.73 Å². The van der Waals surface area contributed by atoms with Crippen LogP contribution in [0.3, 0.4) is 0 Å². The van der Waals surface area contributed by atoms with E-state index in [0.717, 1.165) is 11.6 Å². The Labute approximate surface area is 128 Å². The molecule has 1 heterocycles. The number of aromatic nitrogens is 1. The van der Waals surface area contributed by atoms with E-state index < -0.39 is 11.7 Å². The minimum absolute atomic E-state index is 0.131. The molecule has 0 saturated heterocycles. The molecule has 1 aromatic heterocycles. The van der Waals surface area contributed by atoms with Crippen molar-refractivity contribution in [3.63, 3.8) is 0 Å². The average Bonchev–Trinajstić information content (AvgIpc) is 2.40. The molecule has 0 saturated carbocycles. The SMILES string of the molecule is CN(Cc1ccccc1N)c1ncc(Br)cc1C(F)(F)F. The van der Waals surface area contributed by atoms with E-state index in [9.17, 15) is 13.2 Å². The molecule has 0 aliphatic carbocycles. The summed E-state index contributed by atoms with van der Waals surface area (Å²) in [5.41, 5.74) is 6.32. The number of rotatable bonds is 3. The van der Waals surface area contributed by atoms with Crippen LogP contribution in [-0.2, 0) is 12.7 Å². The molecule has 7 heteroatoms. The van der Waals surface area contributed by atoms with Crippen molar-refractivity contribution in [1.82, 2.24) is 4.98 Å². The predicted octanol–water partition coefficient (Wildman–Crippen LogP) is 4.08. The minimum atomic E-state index is -4.47. The lowest BCUT2D eigenvalue weighted by Gasteiger charge is -2.23.